The van der Waals surface area contributed by atoms with E-state index in [9.17, 15) is 0 Å². The molecule has 0 nitrogen and oxygen atoms in total. The van der Waals surface area contributed by atoms with Gasteiger partial charge in [-0.25, -0.2) is 0 Å². The Morgan fingerprint density at radius 2 is 1.41 bits per heavy atom. The molecular weight excluding hydrogens is 348 g/mol. The summed E-state index contributed by atoms with van der Waals surface area (Å²) in [5.74, 6) is 2.73. The Morgan fingerprint density at radius 3 is 2.17 bits per heavy atom. The van der Waals surface area contributed by atoms with Crippen molar-refractivity contribution in [2.24, 2.45) is 34.0 Å². The first-order valence-corrected chi connectivity index (χ1v) is 12.6. The Morgan fingerprint density at radius 1 is 0.724 bits per heavy atom. The molecule has 0 heterocycles. The van der Waals surface area contributed by atoms with Gasteiger partial charge in [0.25, 0.3) is 0 Å². The molecule has 3 fully saturated rings. The van der Waals surface area contributed by atoms with Crippen molar-refractivity contribution in [3.8, 4) is 0 Å². The minimum atomic E-state index is 0.394. The van der Waals surface area contributed by atoms with Crippen LogP contribution in [-0.2, 0) is 11.8 Å². The lowest BCUT2D eigenvalue weighted by Crippen LogP contribution is -2.62. The molecule has 4 aliphatic carbocycles. The van der Waals surface area contributed by atoms with Gasteiger partial charge in [0.2, 0.25) is 0 Å². The molecule has 0 amide bonds. The van der Waals surface area contributed by atoms with Gasteiger partial charge in [0, 0.05) is 0 Å². The molecule has 0 spiro atoms. The fourth-order valence-corrected chi connectivity index (χ4v) is 10.1. The molecule has 1 aromatic carbocycles. The minimum absolute atomic E-state index is 0.394. The summed E-state index contributed by atoms with van der Waals surface area (Å²) in [4.78, 5) is 0. The molecule has 0 saturated heterocycles. The number of benzene rings is 1. The summed E-state index contributed by atoms with van der Waals surface area (Å²) in [7, 11) is 0. The summed E-state index contributed by atoms with van der Waals surface area (Å²) >= 11 is 0. The number of rotatable bonds is 0. The molecule has 0 unspecified atom stereocenters. The predicted molar refractivity (Wildman–Crippen MR) is 124 cm³/mol. The van der Waals surface area contributed by atoms with Crippen LogP contribution in [0.25, 0.3) is 0 Å². The molecule has 0 radical (unpaired) electrons. The quantitative estimate of drug-likeness (QED) is 0.417. The zero-order chi connectivity index (χ0) is 20.8. The van der Waals surface area contributed by atoms with Crippen LogP contribution in [0.1, 0.15) is 108 Å². The molecule has 5 rings (SSSR count). The highest BCUT2D eigenvalue weighted by Crippen LogP contribution is 2.72. The van der Waals surface area contributed by atoms with Gasteiger partial charge in [-0.1, -0.05) is 53.2 Å². The molecule has 0 aliphatic heterocycles. The molecule has 0 N–H and O–H groups in total. The van der Waals surface area contributed by atoms with Crippen LogP contribution in [0.3, 0.4) is 0 Å². The van der Waals surface area contributed by atoms with Crippen LogP contribution in [0.2, 0.25) is 0 Å². The van der Waals surface area contributed by atoms with Crippen LogP contribution in [-0.4, -0.2) is 0 Å². The Hall–Kier alpha value is -0.780. The highest BCUT2D eigenvalue weighted by atomic mass is 14.7. The lowest BCUT2D eigenvalue weighted by molar-refractivity contribution is -0.181. The van der Waals surface area contributed by atoms with E-state index in [0.29, 0.717) is 21.7 Å². The molecule has 0 bridgehead atoms. The Kier molecular flexibility index (Phi) is 4.26. The first-order chi connectivity index (χ1) is 13.5. The van der Waals surface area contributed by atoms with E-state index in [1.165, 1.54) is 63.4 Å². The van der Waals surface area contributed by atoms with Gasteiger partial charge in [-0.2, -0.15) is 0 Å². The molecule has 3 saturated carbocycles. The van der Waals surface area contributed by atoms with Crippen molar-refractivity contribution in [2.75, 3.05) is 0 Å². The van der Waals surface area contributed by atoms with Gasteiger partial charge in [-0.05, 0) is 127 Å². The molecule has 0 heteroatoms. The monoisotopic (exact) mass is 392 g/mol. The van der Waals surface area contributed by atoms with Gasteiger partial charge in [0.1, 0.15) is 0 Å². The minimum Gasteiger partial charge on any atom is -0.0596 e. The second kappa shape index (κ2) is 6.14. The van der Waals surface area contributed by atoms with E-state index >= 15 is 0 Å². The summed E-state index contributed by atoms with van der Waals surface area (Å²) in [5.41, 5.74) is 8.55. The summed E-state index contributed by atoms with van der Waals surface area (Å²) in [6, 6.07) is 4.95. The van der Waals surface area contributed by atoms with Gasteiger partial charge in [0.05, 0.1) is 0 Å². The maximum absolute atomic E-state index is 2.74. The third-order valence-corrected chi connectivity index (χ3v) is 11.5. The number of aryl methyl sites for hydroxylation is 1. The normalized spacial score (nSPS) is 45.6. The predicted octanol–water partition coefficient (Wildman–Crippen LogP) is 8.17. The zero-order valence-corrected chi connectivity index (χ0v) is 20.3. The highest BCUT2D eigenvalue weighted by molar-refractivity contribution is 5.46. The first kappa shape index (κ1) is 20.1. The Balaban J connectivity index is 1.58. The SMILES string of the molecule is Cc1ccc2c(c1C)CC[C@H]1[C@]3(C)CC[C@H]4C(C)(C)CCC[C@]4(C)[C@H]3CC[C@]21C. The van der Waals surface area contributed by atoms with Gasteiger partial charge in [0.15, 0.2) is 0 Å². The van der Waals surface area contributed by atoms with Crippen LogP contribution in [0.4, 0.5) is 0 Å². The standard InChI is InChI=1S/C29H44/c1-19-9-11-22-21(20(19)2)10-12-24-27(22,5)17-14-25-28(6)16-8-15-26(3,4)23(28)13-18-29(24,25)7/h9,11,23-25H,8,10,12-18H2,1-7H3/t23-,24+,25+,27+,28-,29-/m0/s1. The highest BCUT2D eigenvalue weighted by Gasteiger charge is 2.64. The summed E-state index contributed by atoms with van der Waals surface area (Å²) < 4.78 is 0. The maximum atomic E-state index is 2.74. The molecule has 4 aliphatic rings. The number of hydrogen-bond donors (Lipinski definition) is 0. The van der Waals surface area contributed by atoms with Crippen molar-refractivity contribution in [2.45, 2.75) is 112 Å². The smallest absolute Gasteiger partial charge is 0.00387 e. The largest absolute Gasteiger partial charge is 0.0596 e. The number of hydrogen-bond acceptors (Lipinski definition) is 0. The van der Waals surface area contributed by atoms with E-state index in [2.05, 4.69) is 60.6 Å². The lowest BCUT2D eigenvalue weighted by Gasteiger charge is -2.69. The van der Waals surface area contributed by atoms with Crippen LogP contribution in [0.15, 0.2) is 12.1 Å². The average Bonchev–Trinajstić information content (AvgIpc) is 2.63. The van der Waals surface area contributed by atoms with Crippen molar-refractivity contribution in [1.82, 2.24) is 0 Å². The van der Waals surface area contributed by atoms with E-state index in [4.69, 9.17) is 0 Å². The second-order valence-electron chi connectivity index (χ2n) is 13.1. The molecule has 1 aromatic rings. The van der Waals surface area contributed by atoms with E-state index in [0.717, 1.165) is 17.8 Å². The second-order valence-corrected chi connectivity index (χ2v) is 13.1. The van der Waals surface area contributed by atoms with Crippen molar-refractivity contribution >= 4 is 0 Å². The Labute approximate surface area is 180 Å². The van der Waals surface area contributed by atoms with E-state index in [1.54, 1.807) is 16.7 Å². The molecule has 6 atom stereocenters. The summed E-state index contributed by atoms with van der Waals surface area (Å²) in [6.07, 6.45) is 12.9. The third-order valence-electron chi connectivity index (χ3n) is 11.5. The fraction of sp³-hybridized carbons (Fsp3) is 0.793. The zero-order valence-electron chi connectivity index (χ0n) is 20.3. The van der Waals surface area contributed by atoms with Crippen molar-refractivity contribution in [1.29, 1.82) is 0 Å². The van der Waals surface area contributed by atoms with Gasteiger partial charge >= 0.3 is 0 Å². The fourth-order valence-electron chi connectivity index (χ4n) is 10.1. The van der Waals surface area contributed by atoms with Gasteiger partial charge in [-0.15, -0.1) is 0 Å². The van der Waals surface area contributed by atoms with Crippen LogP contribution in [0.5, 0.6) is 0 Å². The summed E-state index contributed by atoms with van der Waals surface area (Å²) in [6.45, 7) is 18.0. The average molecular weight is 393 g/mol. The van der Waals surface area contributed by atoms with Crippen LogP contribution in [0, 0.1) is 47.8 Å². The summed E-state index contributed by atoms with van der Waals surface area (Å²) in [5, 5.41) is 0. The van der Waals surface area contributed by atoms with Crippen molar-refractivity contribution in [3.05, 3.63) is 34.4 Å². The van der Waals surface area contributed by atoms with E-state index in [-0.39, 0.29) is 0 Å². The Bertz CT molecular complexity index is 831. The molecule has 160 valence electrons. The topological polar surface area (TPSA) is 0 Å². The third kappa shape index (κ3) is 2.50. The molecular formula is C29H44. The van der Waals surface area contributed by atoms with Gasteiger partial charge in [-0.3, -0.25) is 0 Å². The van der Waals surface area contributed by atoms with Crippen molar-refractivity contribution < 1.29 is 0 Å². The van der Waals surface area contributed by atoms with E-state index < -0.39 is 0 Å². The van der Waals surface area contributed by atoms with Crippen LogP contribution >= 0.6 is 0 Å². The number of fused-ring (bicyclic) bond motifs is 7. The maximum Gasteiger partial charge on any atom is -0.00387 e. The van der Waals surface area contributed by atoms with E-state index in [1.807, 2.05) is 0 Å². The van der Waals surface area contributed by atoms with Crippen LogP contribution < -0.4 is 0 Å². The van der Waals surface area contributed by atoms with Gasteiger partial charge < -0.3 is 0 Å². The first-order valence-electron chi connectivity index (χ1n) is 12.6. The lowest BCUT2D eigenvalue weighted by atomic mass is 9.35. The molecule has 0 aromatic heterocycles. The van der Waals surface area contributed by atoms with Crippen molar-refractivity contribution in [3.63, 3.8) is 0 Å². The molecule has 29 heavy (non-hydrogen) atoms.